The summed E-state index contributed by atoms with van der Waals surface area (Å²) < 4.78 is 27.1. The fourth-order valence-corrected chi connectivity index (χ4v) is 4.75. The largest absolute Gasteiger partial charge is 0.508 e. The quantitative estimate of drug-likeness (QED) is 0.616. The molecule has 0 saturated carbocycles. The van der Waals surface area contributed by atoms with Gasteiger partial charge in [0.2, 0.25) is 5.78 Å². The van der Waals surface area contributed by atoms with Crippen LogP contribution in [0.4, 0.5) is 0 Å². The fourth-order valence-electron chi connectivity index (χ4n) is 3.40. The Kier molecular flexibility index (Phi) is 5.24. The number of ketones is 2. The Labute approximate surface area is 179 Å². The van der Waals surface area contributed by atoms with Crippen molar-refractivity contribution in [1.29, 1.82) is 0 Å². The van der Waals surface area contributed by atoms with E-state index in [2.05, 4.69) is 5.32 Å². The molecule has 3 aromatic rings. The SMILES string of the molecule is Cc1ccc(S(=O)(=O)n2ccc3c2C(=O)C(NCCc2ccc(O)cc2)=CC3=O)cc1. The number of carbonyl (C=O) groups excluding carboxylic acids is 2. The zero-order valence-electron chi connectivity index (χ0n) is 16.7. The first kappa shape index (κ1) is 20.6. The summed E-state index contributed by atoms with van der Waals surface area (Å²) in [5.74, 6) is -0.823. The second-order valence-corrected chi connectivity index (χ2v) is 9.10. The number of fused-ring (bicyclic) bond motifs is 1. The molecular weight excluding hydrogens is 416 g/mol. The number of Topliss-reactive ketones (excluding diaryl/α,β-unsaturated/α-hetero) is 1. The summed E-state index contributed by atoms with van der Waals surface area (Å²) in [6, 6.07) is 14.3. The van der Waals surface area contributed by atoms with Gasteiger partial charge < -0.3 is 10.4 Å². The van der Waals surface area contributed by atoms with E-state index >= 15 is 0 Å². The van der Waals surface area contributed by atoms with Gasteiger partial charge in [-0.3, -0.25) is 9.59 Å². The van der Waals surface area contributed by atoms with Crippen molar-refractivity contribution in [2.24, 2.45) is 0 Å². The molecule has 1 aliphatic carbocycles. The minimum atomic E-state index is -4.04. The predicted octanol–water partition coefficient (Wildman–Crippen LogP) is 2.83. The number of phenols is 1. The molecule has 0 bridgehead atoms. The van der Waals surface area contributed by atoms with Gasteiger partial charge in [-0.15, -0.1) is 0 Å². The molecule has 4 rings (SSSR count). The van der Waals surface area contributed by atoms with E-state index in [4.69, 9.17) is 0 Å². The Morgan fingerprint density at radius 2 is 1.65 bits per heavy atom. The van der Waals surface area contributed by atoms with Crippen molar-refractivity contribution in [3.05, 3.63) is 95.0 Å². The maximum absolute atomic E-state index is 13.1. The van der Waals surface area contributed by atoms with Crippen molar-refractivity contribution in [2.75, 3.05) is 6.54 Å². The van der Waals surface area contributed by atoms with Crippen molar-refractivity contribution in [1.82, 2.24) is 9.29 Å². The summed E-state index contributed by atoms with van der Waals surface area (Å²) in [5, 5.41) is 12.3. The number of nitrogens with one attached hydrogen (secondary N) is 1. The minimum absolute atomic E-state index is 0.0353. The zero-order chi connectivity index (χ0) is 22.2. The maximum Gasteiger partial charge on any atom is 0.268 e. The van der Waals surface area contributed by atoms with Gasteiger partial charge in [0.25, 0.3) is 10.0 Å². The number of phenolic OH excluding ortho intramolecular Hbond substituents is 1. The summed E-state index contributed by atoms with van der Waals surface area (Å²) >= 11 is 0. The highest BCUT2D eigenvalue weighted by molar-refractivity contribution is 7.90. The van der Waals surface area contributed by atoms with Gasteiger partial charge in [-0.1, -0.05) is 29.8 Å². The van der Waals surface area contributed by atoms with Gasteiger partial charge in [0.1, 0.15) is 11.4 Å². The number of rotatable bonds is 6. The van der Waals surface area contributed by atoms with Crippen LogP contribution in [0.25, 0.3) is 0 Å². The number of hydrogen-bond acceptors (Lipinski definition) is 6. The molecule has 2 N–H and O–H groups in total. The van der Waals surface area contributed by atoms with E-state index < -0.39 is 21.6 Å². The zero-order valence-corrected chi connectivity index (χ0v) is 17.5. The lowest BCUT2D eigenvalue weighted by atomic mass is 9.99. The maximum atomic E-state index is 13.1. The second kappa shape index (κ2) is 7.88. The van der Waals surface area contributed by atoms with Gasteiger partial charge in [0.05, 0.1) is 16.2 Å². The van der Waals surface area contributed by atoms with Gasteiger partial charge in [0.15, 0.2) is 5.78 Å². The highest BCUT2D eigenvalue weighted by atomic mass is 32.2. The van der Waals surface area contributed by atoms with Crippen LogP contribution >= 0.6 is 0 Å². The number of allylic oxidation sites excluding steroid dienone is 2. The predicted molar refractivity (Wildman–Crippen MR) is 115 cm³/mol. The molecular formula is C23H20N2O5S. The summed E-state index contributed by atoms with van der Waals surface area (Å²) in [6.45, 7) is 2.20. The van der Waals surface area contributed by atoms with E-state index in [0.29, 0.717) is 13.0 Å². The van der Waals surface area contributed by atoms with Crippen molar-refractivity contribution in [3.8, 4) is 5.75 Å². The molecule has 1 aromatic heterocycles. The summed E-state index contributed by atoms with van der Waals surface area (Å²) in [6.07, 6.45) is 2.99. The van der Waals surface area contributed by atoms with Crippen molar-refractivity contribution >= 4 is 21.6 Å². The molecule has 0 unspecified atom stereocenters. The number of benzene rings is 2. The average molecular weight is 436 g/mol. The molecule has 0 spiro atoms. The van der Waals surface area contributed by atoms with E-state index in [1.54, 1.807) is 36.4 Å². The molecule has 31 heavy (non-hydrogen) atoms. The highest BCUT2D eigenvalue weighted by Crippen LogP contribution is 2.26. The first-order valence-corrected chi connectivity index (χ1v) is 11.1. The number of aromatic nitrogens is 1. The summed E-state index contributed by atoms with van der Waals surface area (Å²) in [4.78, 5) is 25.6. The van der Waals surface area contributed by atoms with E-state index in [9.17, 15) is 23.1 Å². The molecule has 1 aliphatic rings. The molecule has 0 atom stereocenters. The van der Waals surface area contributed by atoms with Crippen LogP contribution < -0.4 is 5.32 Å². The lowest BCUT2D eigenvalue weighted by molar-refractivity contribution is 0.0974. The topological polar surface area (TPSA) is 105 Å². The van der Waals surface area contributed by atoms with Crippen LogP contribution in [0.5, 0.6) is 5.75 Å². The molecule has 8 heteroatoms. The first-order chi connectivity index (χ1) is 14.8. The van der Waals surface area contributed by atoms with Gasteiger partial charge in [-0.25, -0.2) is 12.4 Å². The normalized spacial score (nSPS) is 13.6. The van der Waals surface area contributed by atoms with Gasteiger partial charge in [-0.05, 0) is 49.2 Å². The van der Waals surface area contributed by atoms with E-state index in [-0.39, 0.29) is 27.6 Å². The van der Waals surface area contributed by atoms with E-state index in [0.717, 1.165) is 15.1 Å². The van der Waals surface area contributed by atoms with Crippen LogP contribution in [0.15, 0.2) is 77.5 Å². The number of aromatic hydroxyl groups is 1. The fraction of sp³-hybridized carbons (Fsp3) is 0.130. The molecule has 0 radical (unpaired) electrons. The number of carbonyl (C=O) groups is 2. The third-order valence-corrected chi connectivity index (χ3v) is 6.79. The van der Waals surface area contributed by atoms with Crippen molar-refractivity contribution in [3.63, 3.8) is 0 Å². The smallest absolute Gasteiger partial charge is 0.268 e. The lowest BCUT2D eigenvalue weighted by Gasteiger charge is -2.17. The number of aryl methyl sites for hydroxylation is 1. The standard InChI is InChI=1S/C23H20N2O5S/c1-15-2-8-18(9-3-15)31(29,30)25-13-11-19-21(27)14-20(23(28)22(19)25)24-12-10-16-4-6-17(26)7-5-16/h2-9,11,13-14,24,26H,10,12H2,1H3. The molecule has 0 amide bonds. The lowest BCUT2D eigenvalue weighted by Crippen LogP contribution is -2.30. The van der Waals surface area contributed by atoms with Crippen LogP contribution in [-0.2, 0) is 16.4 Å². The number of nitrogens with zero attached hydrogens (tertiary/aromatic N) is 1. The van der Waals surface area contributed by atoms with Crippen LogP contribution in [0.2, 0.25) is 0 Å². The highest BCUT2D eigenvalue weighted by Gasteiger charge is 2.33. The molecule has 158 valence electrons. The Hall–Kier alpha value is -3.65. The molecule has 1 heterocycles. The molecule has 0 aliphatic heterocycles. The third-order valence-electron chi connectivity index (χ3n) is 5.10. The van der Waals surface area contributed by atoms with Crippen molar-refractivity contribution in [2.45, 2.75) is 18.2 Å². The van der Waals surface area contributed by atoms with E-state index in [1.165, 1.54) is 30.5 Å². The van der Waals surface area contributed by atoms with Crippen LogP contribution in [-0.4, -0.2) is 35.6 Å². The van der Waals surface area contributed by atoms with Crippen LogP contribution in [0, 0.1) is 6.92 Å². The Morgan fingerprint density at radius 3 is 2.32 bits per heavy atom. The molecule has 0 saturated heterocycles. The Balaban J connectivity index is 1.59. The second-order valence-electron chi connectivity index (χ2n) is 7.29. The Morgan fingerprint density at radius 1 is 0.968 bits per heavy atom. The molecule has 7 nitrogen and oxygen atoms in total. The number of hydrogen-bond donors (Lipinski definition) is 2. The van der Waals surface area contributed by atoms with Gasteiger partial charge >= 0.3 is 0 Å². The summed E-state index contributed by atoms with van der Waals surface area (Å²) in [7, 11) is -4.04. The van der Waals surface area contributed by atoms with Crippen LogP contribution in [0.1, 0.15) is 32.0 Å². The monoisotopic (exact) mass is 436 g/mol. The minimum Gasteiger partial charge on any atom is -0.508 e. The Bertz CT molecular complexity index is 1300. The first-order valence-electron chi connectivity index (χ1n) is 9.63. The van der Waals surface area contributed by atoms with Gasteiger partial charge in [-0.2, -0.15) is 0 Å². The summed E-state index contributed by atoms with van der Waals surface area (Å²) in [5.41, 5.74) is 1.79. The van der Waals surface area contributed by atoms with Gasteiger partial charge in [0, 0.05) is 18.8 Å². The third kappa shape index (κ3) is 3.89. The van der Waals surface area contributed by atoms with Crippen LogP contribution in [0.3, 0.4) is 0 Å². The van der Waals surface area contributed by atoms with E-state index in [1.807, 2.05) is 6.92 Å². The van der Waals surface area contributed by atoms with Crippen molar-refractivity contribution < 1.29 is 23.1 Å². The molecule has 0 fully saturated rings. The average Bonchev–Trinajstić information content (AvgIpc) is 3.20. The molecule has 2 aromatic carbocycles.